The Bertz CT molecular complexity index is 817. The molecule has 2 aliphatic rings. The summed E-state index contributed by atoms with van der Waals surface area (Å²) in [6, 6.07) is 3.53. The Morgan fingerprint density at radius 2 is 1.70 bits per heavy atom. The monoisotopic (exact) mass is 392 g/mol. The van der Waals surface area contributed by atoms with E-state index in [0.717, 1.165) is 30.2 Å². The molecule has 2 fully saturated rings. The van der Waals surface area contributed by atoms with Gasteiger partial charge in [0.05, 0.1) is 4.90 Å². The van der Waals surface area contributed by atoms with Gasteiger partial charge in [0.2, 0.25) is 10.0 Å². The fourth-order valence-corrected chi connectivity index (χ4v) is 5.91. The summed E-state index contributed by atoms with van der Waals surface area (Å²) in [6.07, 6.45) is 8.57. The number of nitrogens with one attached hydrogen (secondary N) is 1. The Morgan fingerprint density at radius 3 is 2.37 bits per heavy atom. The smallest absolute Gasteiger partial charge is 0.251 e. The van der Waals surface area contributed by atoms with Gasteiger partial charge in [-0.3, -0.25) is 4.79 Å². The lowest BCUT2D eigenvalue weighted by Crippen LogP contribution is -2.41. The minimum absolute atomic E-state index is 0.160. The first-order valence-corrected chi connectivity index (χ1v) is 11.5. The van der Waals surface area contributed by atoms with Crippen molar-refractivity contribution in [1.29, 1.82) is 0 Å². The van der Waals surface area contributed by atoms with Crippen molar-refractivity contribution in [1.82, 2.24) is 9.62 Å². The van der Waals surface area contributed by atoms with Crippen LogP contribution in [0.1, 0.15) is 66.4 Å². The van der Waals surface area contributed by atoms with Crippen LogP contribution in [0.5, 0.6) is 0 Å². The first-order valence-electron chi connectivity index (χ1n) is 10.0. The molecule has 3 rings (SSSR count). The van der Waals surface area contributed by atoms with Gasteiger partial charge in [0.25, 0.3) is 5.91 Å². The van der Waals surface area contributed by atoms with Gasteiger partial charge in [-0.2, -0.15) is 0 Å². The molecule has 1 aromatic rings. The lowest BCUT2D eigenvalue weighted by molar-refractivity contribution is 0.0879. The van der Waals surface area contributed by atoms with E-state index in [1.54, 1.807) is 13.0 Å². The van der Waals surface area contributed by atoms with Crippen LogP contribution in [-0.2, 0) is 10.0 Å². The van der Waals surface area contributed by atoms with E-state index >= 15 is 0 Å². The number of amides is 1. The Labute approximate surface area is 163 Å². The molecule has 0 aliphatic heterocycles. The number of carbonyl (C=O) groups excluding carboxylic acids is 1. The van der Waals surface area contributed by atoms with Crippen LogP contribution < -0.4 is 5.32 Å². The highest BCUT2D eigenvalue weighted by Crippen LogP contribution is 2.40. The molecule has 0 saturated heterocycles. The van der Waals surface area contributed by atoms with E-state index in [2.05, 4.69) is 5.32 Å². The first-order chi connectivity index (χ1) is 12.7. The van der Waals surface area contributed by atoms with E-state index in [0.29, 0.717) is 11.1 Å². The molecule has 0 aromatic heterocycles. The summed E-state index contributed by atoms with van der Waals surface area (Å²) in [5, 5.41) is 3.18. The maximum absolute atomic E-state index is 12.9. The van der Waals surface area contributed by atoms with E-state index in [-0.39, 0.29) is 16.8 Å². The van der Waals surface area contributed by atoms with Crippen LogP contribution in [0.15, 0.2) is 17.0 Å². The van der Waals surface area contributed by atoms with Crippen molar-refractivity contribution in [2.75, 3.05) is 14.1 Å². The average Bonchev–Trinajstić information content (AvgIpc) is 2.63. The van der Waals surface area contributed by atoms with Crippen molar-refractivity contribution in [3.05, 3.63) is 28.8 Å². The topological polar surface area (TPSA) is 66.5 Å². The first kappa shape index (κ1) is 20.3. The van der Waals surface area contributed by atoms with Crippen molar-refractivity contribution in [3.8, 4) is 0 Å². The molecule has 0 bridgehead atoms. The van der Waals surface area contributed by atoms with Gasteiger partial charge in [0, 0.05) is 25.7 Å². The molecular formula is C21H32N2O3S. The predicted molar refractivity (Wildman–Crippen MR) is 107 cm³/mol. The van der Waals surface area contributed by atoms with E-state index < -0.39 is 10.0 Å². The number of rotatable bonds is 4. The average molecular weight is 393 g/mol. The van der Waals surface area contributed by atoms with Crippen molar-refractivity contribution in [2.24, 2.45) is 11.8 Å². The van der Waals surface area contributed by atoms with Gasteiger partial charge >= 0.3 is 0 Å². The number of fused-ring (bicyclic) bond motifs is 1. The lowest BCUT2D eigenvalue weighted by Gasteiger charge is -2.39. The van der Waals surface area contributed by atoms with Crippen LogP contribution >= 0.6 is 0 Å². The molecular weight excluding hydrogens is 360 g/mol. The normalized spacial score (nSPS) is 25.9. The number of carbonyl (C=O) groups is 1. The molecule has 0 heterocycles. The van der Waals surface area contributed by atoms with Crippen molar-refractivity contribution >= 4 is 15.9 Å². The number of hydrogen-bond donors (Lipinski definition) is 1. The van der Waals surface area contributed by atoms with E-state index in [1.807, 2.05) is 6.92 Å². The summed E-state index contributed by atoms with van der Waals surface area (Å²) >= 11 is 0. The molecule has 6 heteroatoms. The van der Waals surface area contributed by atoms with Crippen molar-refractivity contribution < 1.29 is 13.2 Å². The summed E-state index contributed by atoms with van der Waals surface area (Å²) < 4.78 is 26.4. The molecule has 0 spiro atoms. The summed E-state index contributed by atoms with van der Waals surface area (Å²) in [5.74, 6) is 1.42. The van der Waals surface area contributed by atoms with E-state index in [4.69, 9.17) is 0 Å². The van der Waals surface area contributed by atoms with Gasteiger partial charge < -0.3 is 5.32 Å². The fraction of sp³-hybridized carbons (Fsp3) is 0.667. The maximum atomic E-state index is 12.9. The highest BCUT2D eigenvalue weighted by atomic mass is 32.2. The van der Waals surface area contributed by atoms with Crippen LogP contribution in [-0.4, -0.2) is 38.8 Å². The molecule has 150 valence electrons. The Balaban J connectivity index is 1.78. The zero-order valence-corrected chi connectivity index (χ0v) is 17.7. The van der Waals surface area contributed by atoms with Gasteiger partial charge in [-0.15, -0.1) is 0 Å². The second kappa shape index (κ2) is 7.92. The van der Waals surface area contributed by atoms with Crippen LogP contribution in [0, 0.1) is 25.7 Å². The fourth-order valence-electron chi connectivity index (χ4n) is 4.70. The van der Waals surface area contributed by atoms with Crippen LogP contribution in [0.2, 0.25) is 0 Å². The number of hydrogen-bond acceptors (Lipinski definition) is 3. The molecule has 2 aliphatic carbocycles. The number of nitrogens with zero attached hydrogens (tertiary/aromatic N) is 1. The minimum atomic E-state index is -3.58. The lowest BCUT2D eigenvalue weighted by atomic mass is 9.69. The third kappa shape index (κ3) is 4.21. The van der Waals surface area contributed by atoms with Gasteiger partial charge in [0.15, 0.2) is 0 Å². The molecule has 2 saturated carbocycles. The summed E-state index contributed by atoms with van der Waals surface area (Å²) in [6.45, 7) is 3.64. The third-order valence-electron chi connectivity index (χ3n) is 6.52. The molecule has 1 aromatic carbocycles. The Morgan fingerprint density at radius 1 is 1.04 bits per heavy atom. The van der Waals surface area contributed by atoms with Gasteiger partial charge in [-0.1, -0.05) is 25.7 Å². The number of aryl methyl sites for hydroxylation is 1. The van der Waals surface area contributed by atoms with E-state index in [1.165, 1.54) is 56.6 Å². The summed E-state index contributed by atoms with van der Waals surface area (Å²) in [5.41, 5.74) is 1.95. The van der Waals surface area contributed by atoms with Crippen LogP contribution in [0.25, 0.3) is 0 Å². The SMILES string of the molecule is Cc1cc(C(=O)N[C@@H]2CC[C@@H]3CCCC[C@@H]3C2)cc(S(=O)(=O)N(C)C)c1C. The highest BCUT2D eigenvalue weighted by Gasteiger charge is 2.33. The molecule has 0 radical (unpaired) electrons. The van der Waals surface area contributed by atoms with E-state index in [9.17, 15) is 13.2 Å². The summed E-state index contributed by atoms with van der Waals surface area (Å²) in [7, 11) is -0.555. The van der Waals surface area contributed by atoms with Gasteiger partial charge in [-0.05, 0) is 68.2 Å². The van der Waals surface area contributed by atoms with Crippen molar-refractivity contribution in [2.45, 2.75) is 69.7 Å². The van der Waals surface area contributed by atoms with Crippen LogP contribution in [0.3, 0.4) is 0 Å². The predicted octanol–water partition coefficient (Wildman–Crippen LogP) is 3.64. The molecule has 3 atom stereocenters. The third-order valence-corrected chi connectivity index (χ3v) is 8.46. The zero-order chi connectivity index (χ0) is 19.8. The quantitative estimate of drug-likeness (QED) is 0.851. The molecule has 1 amide bonds. The highest BCUT2D eigenvalue weighted by molar-refractivity contribution is 7.89. The standard InChI is InChI=1S/C21H32N2O3S/c1-14-11-18(13-20(15(14)2)27(25,26)23(3)4)21(24)22-19-10-9-16-7-5-6-8-17(16)12-19/h11,13,16-17,19H,5-10,12H2,1-4H3,(H,22,24)/t16-,17+,19+/m0/s1. The number of benzene rings is 1. The maximum Gasteiger partial charge on any atom is 0.251 e. The molecule has 1 N–H and O–H groups in total. The Kier molecular flexibility index (Phi) is 5.96. The molecule has 27 heavy (non-hydrogen) atoms. The van der Waals surface area contributed by atoms with Crippen LogP contribution in [0.4, 0.5) is 0 Å². The zero-order valence-electron chi connectivity index (χ0n) is 16.9. The second-order valence-electron chi connectivity index (χ2n) is 8.49. The Hall–Kier alpha value is -1.40. The van der Waals surface area contributed by atoms with Gasteiger partial charge in [0.1, 0.15) is 0 Å². The van der Waals surface area contributed by atoms with Gasteiger partial charge in [-0.25, -0.2) is 12.7 Å². The largest absolute Gasteiger partial charge is 0.349 e. The summed E-state index contributed by atoms with van der Waals surface area (Å²) in [4.78, 5) is 13.1. The van der Waals surface area contributed by atoms with Crippen molar-refractivity contribution in [3.63, 3.8) is 0 Å². The second-order valence-corrected chi connectivity index (χ2v) is 10.6. The molecule has 5 nitrogen and oxygen atoms in total. The number of sulfonamides is 1. The minimum Gasteiger partial charge on any atom is -0.349 e. The molecule has 0 unspecified atom stereocenters.